The van der Waals surface area contributed by atoms with Crippen LogP contribution in [0.2, 0.25) is 0 Å². The van der Waals surface area contributed by atoms with Crippen molar-refractivity contribution >= 4 is 0 Å². The maximum absolute atomic E-state index is 3.90. The van der Waals surface area contributed by atoms with Crippen LogP contribution >= 0.6 is 0 Å². The van der Waals surface area contributed by atoms with Crippen LogP contribution in [-0.4, -0.2) is 29.6 Å². The van der Waals surface area contributed by atoms with Gasteiger partial charge in [-0.1, -0.05) is 49.6 Å². The van der Waals surface area contributed by atoms with E-state index in [1.165, 1.54) is 57.2 Å². The van der Waals surface area contributed by atoms with Crippen molar-refractivity contribution in [1.29, 1.82) is 0 Å². The Bertz CT molecular complexity index is 409. The van der Waals surface area contributed by atoms with Gasteiger partial charge in [0.25, 0.3) is 0 Å². The smallest absolute Gasteiger partial charge is 0.0309 e. The number of benzene rings is 1. The van der Waals surface area contributed by atoms with Crippen molar-refractivity contribution in [2.75, 3.05) is 13.1 Å². The first-order chi connectivity index (χ1) is 9.77. The summed E-state index contributed by atoms with van der Waals surface area (Å²) in [5.41, 5.74) is 1.85. The standard InChI is InChI=1S/C18H28N2/c1-16-10-13-19-18(11-6-3-7-12-18)15-20(16)14-17-8-4-2-5-9-17/h2,4-5,8-9,16,19H,3,6-7,10-15H2,1H3. The third-order valence-electron chi connectivity index (χ3n) is 5.23. The molecule has 3 rings (SSSR count). The van der Waals surface area contributed by atoms with Gasteiger partial charge in [-0.2, -0.15) is 0 Å². The van der Waals surface area contributed by atoms with Gasteiger partial charge < -0.3 is 5.32 Å². The first kappa shape index (κ1) is 14.1. The molecule has 2 nitrogen and oxygen atoms in total. The van der Waals surface area contributed by atoms with Crippen molar-refractivity contribution in [2.45, 2.75) is 63.6 Å². The largest absolute Gasteiger partial charge is 0.310 e. The summed E-state index contributed by atoms with van der Waals surface area (Å²) >= 11 is 0. The van der Waals surface area contributed by atoms with E-state index in [1.54, 1.807) is 0 Å². The molecular formula is C18H28N2. The fraction of sp³-hybridized carbons (Fsp3) is 0.667. The van der Waals surface area contributed by atoms with E-state index in [1.807, 2.05) is 0 Å². The van der Waals surface area contributed by atoms with Crippen LogP contribution in [0.3, 0.4) is 0 Å². The van der Waals surface area contributed by atoms with Crippen molar-refractivity contribution in [1.82, 2.24) is 10.2 Å². The van der Waals surface area contributed by atoms with Gasteiger partial charge in [0, 0.05) is 24.7 Å². The molecular weight excluding hydrogens is 244 g/mol. The van der Waals surface area contributed by atoms with Crippen molar-refractivity contribution in [3.63, 3.8) is 0 Å². The van der Waals surface area contributed by atoms with E-state index in [2.05, 4.69) is 47.5 Å². The second-order valence-corrected chi connectivity index (χ2v) is 6.80. The van der Waals surface area contributed by atoms with Crippen LogP contribution in [0.25, 0.3) is 0 Å². The minimum atomic E-state index is 0.401. The number of hydrogen-bond donors (Lipinski definition) is 1. The summed E-state index contributed by atoms with van der Waals surface area (Å²) in [5, 5.41) is 3.90. The molecule has 1 aromatic carbocycles. The molecule has 0 radical (unpaired) electrons. The lowest BCUT2D eigenvalue weighted by atomic mass is 9.81. The number of nitrogens with zero attached hydrogens (tertiary/aromatic N) is 1. The minimum Gasteiger partial charge on any atom is -0.310 e. The van der Waals surface area contributed by atoms with Gasteiger partial charge in [-0.25, -0.2) is 0 Å². The Morgan fingerprint density at radius 2 is 1.90 bits per heavy atom. The monoisotopic (exact) mass is 272 g/mol. The summed E-state index contributed by atoms with van der Waals surface area (Å²) < 4.78 is 0. The molecule has 0 aromatic heterocycles. The number of nitrogens with one attached hydrogen (secondary N) is 1. The van der Waals surface area contributed by atoms with Gasteiger partial charge in [0.2, 0.25) is 0 Å². The van der Waals surface area contributed by atoms with Crippen LogP contribution in [0.1, 0.15) is 51.0 Å². The van der Waals surface area contributed by atoms with Gasteiger partial charge in [-0.05, 0) is 38.3 Å². The summed E-state index contributed by atoms with van der Waals surface area (Å²) in [7, 11) is 0. The highest BCUT2D eigenvalue weighted by Gasteiger charge is 2.36. The molecule has 1 saturated carbocycles. The molecule has 1 N–H and O–H groups in total. The molecule has 2 aliphatic rings. The van der Waals surface area contributed by atoms with E-state index in [9.17, 15) is 0 Å². The summed E-state index contributed by atoms with van der Waals surface area (Å²) in [4.78, 5) is 2.71. The van der Waals surface area contributed by atoms with Crippen molar-refractivity contribution in [3.8, 4) is 0 Å². The molecule has 20 heavy (non-hydrogen) atoms. The highest BCUT2D eigenvalue weighted by Crippen LogP contribution is 2.32. The number of rotatable bonds is 2. The Kier molecular flexibility index (Phi) is 4.42. The predicted octanol–water partition coefficient (Wildman–Crippen LogP) is 3.57. The van der Waals surface area contributed by atoms with Gasteiger partial charge in [0.15, 0.2) is 0 Å². The fourth-order valence-corrected chi connectivity index (χ4v) is 3.92. The Morgan fingerprint density at radius 3 is 2.65 bits per heavy atom. The maximum Gasteiger partial charge on any atom is 0.0309 e. The van der Waals surface area contributed by atoms with Gasteiger partial charge in [0.1, 0.15) is 0 Å². The summed E-state index contributed by atoms with van der Waals surface area (Å²) in [6.45, 7) is 5.91. The molecule has 1 aromatic rings. The fourth-order valence-electron chi connectivity index (χ4n) is 3.92. The summed E-state index contributed by atoms with van der Waals surface area (Å²) in [5.74, 6) is 0. The molecule has 1 heterocycles. The van der Waals surface area contributed by atoms with Crippen molar-refractivity contribution in [2.24, 2.45) is 0 Å². The molecule has 1 unspecified atom stereocenters. The third kappa shape index (κ3) is 3.24. The second-order valence-electron chi connectivity index (χ2n) is 6.80. The molecule has 1 spiro atoms. The second kappa shape index (κ2) is 6.28. The topological polar surface area (TPSA) is 15.3 Å². The van der Waals surface area contributed by atoms with Crippen LogP contribution in [0, 0.1) is 0 Å². The average Bonchev–Trinajstić information content (AvgIpc) is 2.61. The zero-order valence-corrected chi connectivity index (χ0v) is 12.8. The SMILES string of the molecule is CC1CCNC2(CCCCC2)CN1Cc1ccccc1. The molecule has 1 aliphatic carbocycles. The lowest BCUT2D eigenvalue weighted by Crippen LogP contribution is -2.53. The molecule has 2 fully saturated rings. The van der Waals surface area contributed by atoms with E-state index >= 15 is 0 Å². The highest BCUT2D eigenvalue weighted by molar-refractivity contribution is 5.15. The first-order valence-electron chi connectivity index (χ1n) is 8.30. The zero-order valence-electron chi connectivity index (χ0n) is 12.8. The van der Waals surface area contributed by atoms with E-state index < -0.39 is 0 Å². The summed E-state index contributed by atoms with van der Waals surface area (Å²) in [6, 6.07) is 11.6. The number of hydrogen-bond acceptors (Lipinski definition) is 2. The molecule has 1 saturated heterocycles. The van der Waals surface area contributed by atoms with Crippen molar-refractivity contribution < 1.29 is 0 Å². The normalized spacial score (nSPS) is 27.4. The van der Waals surface area contributed by atoms with Crippen LogP contribution < -0.4 is 5.32 Å². The molecule has 1 atom stereocenters. The van der Waals surface area contributed by atoms with Crippen LogP contribution in [-0.2, 0) is 6.54 Å². The van der Waals surface area contributed by atoms with Gasteiger partial charge in [0.05, 0.1) is 0 Å². The Labute approximate surface area is 123 Å². The van der Waals surface area contributed by atoms with E-state index in [0.29, 0.717) is 11.6 Å². The zero-order chi connectivity index (χ0) is 13.8. The third-order valence-corrected chi connectivity index (χ3v) is 5.23. The maximum atomic E-state index is 3.90. The van der Waals surface area contributed by atoms with E-state index in [-0.39, 0.29) is 0 Å². The average molecular weight is 272 g/mol. The lowest BCUT2D eigenvalue weighted by molar-refractivity contribution is 0.131. The Balaban J connectivity index is 1.73. The highest BCUT2D eigenvalue weighted by atomic mass is 15.2. The van der Waals surface area contributed by atoms with Crippen LogP contribution in [0.4, 0.5) is 0 Å². The molecule has 110 valence electrons. The molecule has 0 bridgehead atoms. The van der Waals surface area contributed by atoms with Crippen LogP contribution in [0.15, 0.2) is 30.3 Å². The predicted molar refractivity (Wildman–Crippen MR) is 84.7 cm³/mol. The van der Waals surface area contributed by atoms with Crippen molar-refractivity contribution in [3.05, 3.63) is 35.9 Å². The van der Waals surface area contributed by atoms with Gasteiger partial charge in [-0.3, -0.25) is 4.90 Å². The quantitative estimate of drug-likeness (QED) is 0.885. The molecule has 0 amide bonds. The molecule has 2 heteroatoms. The van der Waals surface area contributed by atoms with E-state index in [4.69, 9.17) is 0 Å². The Hall–Kier alpha value is -0.860. The molecule has 1 aliphatic heterocycles. The van der Waals surface area contributed by atoms with Gasteiger partial charge >= 0.3 is 0 Å². The van der Waals surface area contributed by atoms with E-state index in [0.717, 1.165) is 6.54 Å². The lowest BCUT2D eigenvalue weighted by Gasteiger charge is -2.41. The van der Waals surface area contributed by atoms with Crippen LogP contribution in [0.5, 0.6) is 0 Å². The Morgan fingerprint density at radius 1 is 1.15 bits per heavy atom. The minimum absolute atomic E-state index is 0.401. The summed E-state index contributed by atoms with van der Waals surface area (Å²) in [6.07, 6.45) is 8.24. The first-order valence-corrected chi connectivity index (χ1v) is 8.30. The van der Waals surface area contributed by atoms with Gasteiger partial charge in [-0.15, -0.1) is 0 Å².